The van der Waals surface area contributed by atoms with Crippen molar-refractivity contribution in [2.45, 2.75) is 51.7 Å². The molecule has 3 atom stereocenters. The molecular weight excluding hydrogens is 248 g/mol. The van der Waals surface area contributed by atoms with E-state index < -0.39 is 0 Å². The molecule has 18 heavy (non-hydrogen) atoms. The Labute approximate surface area is 118 Å². The van der Waals surface area contributed by atoms with Crippen molar-refractivity contribution in [3.63, 3.8) is 0 Å². The van der Waals surface area contributed by atoms with Crippen LogP contribution in [0.5, 0.6) is 0 Å². The summed E-state index contributed by atoms with van der Waals surface area (Å²) >= 11 is 0. The van der Waals surface area contributed by atoms with Crippen LogP contribution in [-0.2, 0) is 0 Å². The van der Waals surface area contributed by atoms with Gasteiger partial charge in [0, 0.05) is 12.6 Å². The van der Waals surface area contributed by atoms with E-state index in [-0.39, 0.29) is 18.5 Å². The number of aliphatic hydroxyl groups excluding tert-OH is 1. The highest BCUT2D eigenvalue weighted by atomic mass is 35.5. The van der Waals surface area contributed by atoms with Gasteiger partial charge >= 0.3 is 0 Å². The highest BCUT2D eigenvalue weighted by Gasteiger charge is 2.31. The van der Waals surface area contributed by atoms with E-state index in [1.807, 2.05) is 6.92 Å². The number of piperidine rings is 2. The van der Waals surface area contributed by atoms with E-state index >= 15 is 0 Å². The number of nitrogens with one attached hydrogen (secondary N) is 1. The molecule has 2 saturated heterocycles. The molecule has 0 spiro atoms. The lowest BCUT2D eigenvalue weighted by molar-refractivity contribution is 0.00990. The molecule has 108 valence electrons. The van der Waals surface area contributed by atoms with Gasteiger partial charge in [-0.2, -0.15) is 0 Å². The summed E-state index contributed by atoms with van der Waals surface area (Å²) in [6.45, 7) is 9.00. The van der Waals surface area contributed by atoms with Gasteiger partial charge in [0.05, 0.1) is 6.10 Å². The Morgan fingerprint density at radius 3 is 2.56 bits per heavy atom. The summed E-state index contributed by atoms with van der Waals surface area (Å²) in [5.74, 6) is 1.62. The maximum atomic E-state index is 9.94. The molecule has 0 aromatic carbocycles. The first-order chi connectivity index (χ1) is 8.16. The zero-order chi connectivity index (χ0) is 12.3. The van der Waals surface area contributed by atoms with Crippen LogP contribution < -0.4 is 5.32 Å². The molecule has 0 aromatic heterocycles. The molecular formula is C14H29ClN2O. The summed E-state index contributed by atoms with van der Waals surface area (Å²) in [6, 6.07) is 0.397. The SMILES string of the molecule is CC1CCN(CC2CCNCC2)C(C(C)O)C1.Cl. The second-order valence-electron chi connectivity index (χ2n) is 6.13. The monoisotopic (exact) mass is 276 g/mol. The highest BCUT2D eigenvalue weighted by molar-refractivity contribution is 5.85. The summed E-state index contributed by atoms with van der Waals surface area (Å²) in [6.07, 6.45) is 4.90. The minimum Gasteiger partial charge on any atom is -0.392 e. The van der Waals surface area contributed by atoms with Crippen LogP contribution in [0.15, 0.2) is 0 Å². The highest BCUT2D eigenvalue weighted by Crippen LogP contribution is 2.26. The van der Waals surface area contributed by atoms with Gasteiger partial charge in [-0.05, 0) is 64.1 Å². The third-order valence-corrected chi connectivity index (χ3v) is 4.53. The lowest BCUT2D eigenvalue weighted by atomic mass is 9.88. The van der Waals surface area contributed by atoms with Gasteiger partial charge in [0.1, 0.15) is 0 Å². The van der Waals surface area contributed by atoms with Crippen LogP contribution in [-0.4, -0.2) is 48.3 Å². The normalized spacial score (nSPS) is 32.8. The Morgan fingerprint density at radius 1 is 1.28 bits per heavy atom. The smallest absolute Gasteiger partial charge is 0.0667 e. The largest absolute Gasteiger partial charge is 0.392 e. The van der Waals surface area contributed by atoms with Crippen molar-refractivity contribution in [2.75, 3.05) is 26.2 Å². The average molecular weight is 277 g/mol. The first-order valence-electron chi connectivity index (χ1n) is 7.29. The van der Waals surface area contributed by atoms with Crippen molar-refractivity contribution in [3.8, 4) is 0 Å². The van der Waals surface area contributed by atoms with E-state index in [9.17, 15) is 5.11 Å². The second kappa shape index (κ2) is 7.68. The van der Waals surface area contributed by atoms with Gasteiger partial charge in [-0.1, -0.05) is 6.92 Å². The van der Waals surface area contributed by atoms with Crippen molar-refractivity contribution in [1.29, 1.82) is 0 Å². The topological polar surface area (TPSA) is 35.5 Å². The quantitative estimate of drug-likeness (QED) is 0.826. The number of hydrogen-bond donors (Lipinski definition) is 2. The lowest BCUT2D eigenvalue weighted by Crippen LogP contribution is -2.50. The summed E-state index contributed by atoms with van der Waals surface area (Å²) in [5.41, 5.74) is 0. The van der Waals surface area contributed by atoms with E-state index in [0.29, 0.717) is 6.04 Å². The number of hydrogen-bond acceptors (Lipinski definition) is 3. The first-order valence-corrected chi connectivity index (χ1v) is 7.29. The fourth-order valence-corrected chi connectivity index (χ4v) is 3.36. The number of nitrogens with zero attached hydrogens (tertiary/aromatic N) is 1. The maximum absolute atomic E-state index is 9.94. The molecule has 0 saturated carbocycles. The molecule has 2 heterocycles. The van der Waals surface area contributed by atoms with Crippen molar-refractivity contribution in [2.24, 2.45) is 11.8 Å². The molecule has 0 amide bonds. The zero-order valence-electron chi connectivity index (χ0n) is 11.8. The van der Waals surface area contributed by atoms with Crippen LogP contribution in [0.4, 0.5) is 0 Å². The third kappa shape index (κ3) is 4.37. The first kappa shape index (κ1) is 16.2. The number of halogens is 1. The molecule has 2 rings (SSSR count). The van der Waals surface area contributed by atoms with E-state index in [0.717, 1.165) is 11.8 Å². The average Bonchev–Trinajstić information content (AvgIpc) is 2.32. The van der Waals surface area contributed by atoms with Gasteiger partial charge in [0.15, 0.2) is 0 Å². The fourth-order valence-electron chi connectivity index (χ4n) is 3.36. The van der Waals surface area contributed by atoms with Gasteiger partial charge in [0.25, 0.3) is 0 Å². The van der Waals surface area contributed by atoms with Crippen molar-refractivity contribution in [1.82, 2.24) is 10.2 Å². The van der Waals surface area contributed by atoms with E-state index in [4.69, 9.17) is 0 Å². The zero-order valence-corrected chi connectivity index (χ0v) is 12.6. The Balaban J connectivity index is 0.00000162. The molecule has 0 aliphatic carbocycles. The predicted octanol–water partition coefficient (Wildman–Crippen LogP) is 1.89. The van der Waals surface area contributed by atoms with Crippen molar-refractivity contribution < 1.29 is 5.11 Å². The van der Waals surface area contributed by atoms with Crippen LogP contribution in [0.1, 0.15) is 39.5 Å². The lowest BCUT2D eigenvalue weighted by Gasteiger charge is -2.42. The minimum atomic E-state index is -0.181. The molecule has 2 aliphatic heterocycles. The fraction of sp³-hybridized carbons (Fsp3) is 1.00. The Bertz CT molecular complexity index is 232. The van der Waals surface area contributed by atoms with Gasteiger partial charge in [-0.25, -0.2) is 0 Å². The van der Waals surface area contributed by atoms with Crippen LogP contribution in [0.3, 0.4) is 0 Å². The van der Waals surface area contributed by atoms with Crippen LogP contribution in [0.2, 0.25) is 0 Å². The number of likely N-dealkylation sites (tertiary alicyclic amines) is 1. The summed E-state index contributed by atoms with van der Waals surface area (Å²) in [5, 5.41) is 13.4. The Kier molecular flexibility index (Phi) is 6.93. The van der Waals surface area contributed by atoms with E-state index in [2.05, 4.69) is 17.1 Å². The Hall–Kier alpha value is 0.170. The molecule has 3 nitrogen and oxygen atoms in total. The van der Waals surface area contributed by atoms with Crippen LogP contribution in [0.25, 0.3) is 0 Å². The summed E-state index contributed by atoms with van der Waals surface area (Å²) < 4.78 is 0. The van der Waals surface area contributed by atoms with Gasteiger partial charge in [0.2, 0.25) is 0 Å². The standard InChI is InChI=1S/C14H28N2O.ClH/c1-11-5-8-16(14(9-11)12(2)17)10-13-3-6-15-7-4-13;/h11-15,17H,3-10H2,1-2H3;1H. The molecule has 2 N–H and O–H groups in total. The van der Waals surface area contributed by atoms with Crippen molar-refractivity contribution in [3.05, 3.63) is 0 Å². The summed E-state index contributed by atoms with van der Waals surface area (Å²) in [7, 11) is 0. The van der Waals surface area contributed by atoms with Gasteiger partial charge in [-0.3, -0.25) is 4.90 Å². The minimum absolute atomic E-state index is 0. The molecule has 0 radical (unpaired) electrons. The predicted molar refractivity (Wildman–Crippen MR) is 78.3 cm³/mol. The van der Waals surface area contributed by atoms with E-state index in [1.165, 1.54) is 51.9 Å². The Morgan fingerprint density at radius 2 is 1.94 bits per heavy atom. The number of aliphatic hydroxyl groups is 1. The van der Waals surface area contributed by atoms with Gasteiger partial charge < -0.3 is 10.4 Å². The van der Waals surface area contributed by atoms with Crippen LogP contribution >= 0.6 is 12.4 Å². The van der Waals surface area contributed by atoms with Gasteiger partial charge in [-0.15, -0.1) is 12.4 Å². The molecule has 4 heteroatoms. The number of rotatable bonds is 3. The maximum Gasteiger partial charge on any atom is 0.0667 e. The molecule has 2 fully saturated rings. The molecule has 3 unspecified atom stereocenters. The molecule has 0 bridgehead atoms. The van der Waals surface area contributed by atoms with Crippen molar-refractivity contribution >= 4 is 12.4 Å². The molecule has 0 aromatic rings. The third-order valence-electron chi connectivity index (χ3n) is 4.53. The second-order valence-corrected chi connectivity index (χ2v) is 6.13. The molecule has 2 aliphatic rings. The summed E-state index contributed by atoms with van der Waals surface area (Å²) in [4.78, 5) is 2.56. The van der Waals surface area contributed by atoms with Crippen LogP contribution in [0, 0.1) is 11.8 Å². The van der Waals surface area contributed by atoms with E-state index in [1.54, 1.807) is 0 Å².